The Morgan fingerprint density at radius 1 is 1.31 bits per heavy atom. The van der Waals surface area contributed by atoms with Gasteiger partial charge in [-0.2, -0.15) is 8.42 Å². The summed E-state index contributed by atoms with van der Waals surface area (Å²) in [4.78, 5) is 48.5. The second kappa shape index (κ2) is 7.25. The van der Waals surface area contributed by atoms with Crippen LogP contribution in [-0.4, -0.2) is 77.3 Å². The lowest BCUT2D eigenvalue weighted by atomic mass is 10.1. The normalized spacial score (nSPS) is 22.2. The Bertz CT molecular complexity index is 957. The molecule has 3 rings (SSSR count). The fourth-order valence-electron chi connectivity index (χ4n) is 2.71. The number of hydrogen-bond donors (Lipinski definition) is 5. The standard InChI is InChI=1S/C14H19N7O7S/c1-7-10(22)3-2-9(16-7)11(23)17-20-4-5-21(14(20)26)29(27,28)18-13(25)19-6-8(15)12(19)24/h2,8,16,22H,3-6,15H2,1H3,(H,17,23)(H,18,25). The molecule has 6 N–H and O–H groups in total. The average Bonchev–Trinajstić information content (AvgIpc) is 3.02. The number of hydrogen-bond acceptors (Lipinski definition) is 9. The molecule has 3 heterocycles. The molecule has 0 bridgehead atoms. The maximum Gasteiger partial charge on any atom is 0.353 e. The van der Waals surface area contributed by atoms with Gasteiger partial charge in [-0.05, 0) is 13.0 Å². The molecule has 1 unspecified atom stereocenters. The summed E-state index contributed by atoms with van der Waals surface area (Å²) in [5, 5.41) is 13.0. The summed E-state index contributed by atoms with van der Waals surface area (Å²) in [5.74, 6) is -1.38. The number of carbonyl (C=O) groups excluding carboxylic acids is 4. The van der Waals surface area contributed by atoms with E-state index in [9.17, 15) is 32.7 Å². The smallest absolute Gasteiger partial charge is 0.353 e. The molecule has 0 aromatic carbocycles. The highest BCUT2D eigenvalue weighted by Gasteiger charge is 2.43. The van der Waals surface area contributed by atoms with E-state index < -0.39 is 40.1 Å². The van der Waals surface area contributed by atoms with Crippen molar-refractivity contribution in [1.29, 1.82) is 0 Å². The Morgan fingerprint density at radius 2 is 2.00 bits per heavy atom. The number of urea groups is 2. The molecule has 3 aliphatic heterocycles. The number of rotatable bonds is 4. The van der Waals surface area contributed by atoms with E-state index in [1.54, 1.807) is 11.6 Å². The Kier molecular flexibility index (Phi) is 5.10. The molecule has 0 saturated carbocycles. The van der Waals surface area contributed by atoms with Crippen LogP contribution in [0.4, 0.5) is 9.59 Å². The van der Waals surface area contributed by atoms with Gasteiger partial charge in [-0.1, -0.05) is 0 Å². The molecule has 2 saturated heterocycles. The second-order valence-corrected chi connectivity index (χ2v) is 8.03. The number of aliphatic hydroxyl groups excluding tert-OH is 1. The molecule has 29 heavy (non-hydrogen) atoms. The zero-order valence-corrected chi connectivity index (χ0v) is 16.0. The van der Waals surface area contributed by atoms with E-state index in [-0.39, 0.29) is 37.5 Å². The molecular weight excluding hydrogens is 410 g/mol. The van der Waals surface area contributed by atoms with Crippen molar-refractivity contribution < 1.29 is 32.7 Å². The number of likely N-dealkylation sites (tertiary alicyclic amines) is 1. The first-order valence-electron chi connectivity index (χ1n) is 8.41. The first-order chi connectivity index (χ1) is 13.5. The van der Waals surface area contributed by atoms with Gasteiger partial charge in [-0.15, -0.1) is 0 Å². The van der Waals surface area contributed by atoms with Crippen LogP contribution >= 0.6 is 0 Å². The first kappa shape index (κ1) is 20.4. The summed E-state index contributed by atoms with van der Waals surface area (Å²) in [7, 11) is -4.59. The molecule has 14 nitrogen and oxygen atoms in total. The third-order valence-electron chi connectivity index (χ3n) is 4.42. The van der Waals surface area contributed by atoms with E-state index in [4.69, 9.17) is 5.73 Å². The Morgan fingerprint density at radius 3 is 2.59 bits per heavy atom. The van der Waals surface area contributed by atoms with E-state index in [0.29, 0.717) is 14.9 Å². The van der Waals surface area contributed by atoms with E-state index in [1.165, 1.54) is 6.08 Å². The topological polar surface area (TPSA) is 194 Å². The van der Waals surface area contributed by atoms with Gasteiger partial charge in [0.1, 0.15) is 17.5 Å². The predicted molar refractivity (Wildman–Crippen MR) is 95.3 cm³/mol. The van der Waals surface area contributed by atoms with E-state index in [2.05, 4.69) is 10.7 Å². The van der Waals surface area contributed by atoms with Gasteiger partial charge in [0.25, 0.3) is 5.91 Å². The van der Waals surface area contributed by atoms with Crippen molar-refractivity contribution >= 4 is 34.1 Å². The molecule has 6 amide bonds. The van der Waals surface area contributed by atoms with Crippen LogP contribution in [0.2, 0.25) is 0 Å². The number of carbonyl (C=O) groups is 4. The van der Waals surface area contributed by atoms with Crippen LogP contribution in [0.1, 0.15) is 13.3 Å². The van der Waals surface area contributed by atoms with Crippen molar-refractivity contribution in [3.8, 4) is 0 Å². The van der Waals surface area contributed by atoms with Gasteiger partial charge in [0.2, 0.25) is 5.91 Å². The SMILES string of the molecule is CC1=C(O)CC=C(C(=O)NN2CCN(S(=O)(=O)NC(=O)N3CC(N)C3=O)C2=O)N1. The van der Waals surface area contributed by atoms with Gasteiger partial charge in [0.05, 0.1) is 25.3 Å². The Balaban J connectivity index is 1.60. The van der Waals surface area contributed by atoms with Gasteiger partial charge < -0.3 is 16.2 Å². The van der Waals surface area contributed by atoms with Gasteiger partial charge in [-0.3, -0.25) is 19.9 Å². The number of dihydropyridines is 1. The average molecular weight is 429 g/mol. The maximum absolute atomic E-state index is 12.4. The van der Waals surface area contributed by atoms with Crippen LogP contribution in [-0.2, 0) is 19.8 Å². The maximum atomic E-state index is 12.4. The highest BCUT2D eigenvalue weighted by molar-refractivity contribution is 7.88. The van der Waals surface area contributed by atoms with E-state index in [0.717, 1.165) is 5.01 Å². The first-order valence-corrected chi connectivity index (χ1v) is 9.85. The number of aliphatic hydroxyl groups is 1. The minimum Gasteiger partial charge on any atom is -0.510 e. The van der Waals surface area contributed by atoms with Crippen LogP contribution in [0, 0.1) is 0 Å². The quantitative estimate of drug-likeness (QED) is 0.301. The van der Waals surface area contributed by atoms with E-state index in [1.807, 2.05) is 0 Å². The molecular formula is C14H19N7O7S. The van der Waals surface area contributed by atoms with E-state index >= 15 is 0 Å². The molecule has 3 aliphatic rings. The fourth-order valence-corrected chi connectivity index (χ4v) is 3.78. The Labute approximate surface area is 165 Å². The predicted octanol–water partition coefficient (Wildman–Crippen LogP) is -2.45. The number of nitrogens with one attached hydrogen (secondary N) is 3. The summed E-state index contributed by atoms with van der Waals surface area (Å²) in [6, 6.07) is -3.17. The molecule has 15 heteroatoms. The van der Waals surface area contributed by atoms with Crippen LogP contribution in [0.15, 0.2) is 23.2 Å². The van der Waals surface area contributed by atoms with Gasteiger partial charge in [-0.25, -0.2) is 23.6 Å². The number of imide groups is 1. The van der Waals surface area contributed by atoms with Crippen molar-refractivity contribution in [3.63, 3.8) is 0 Å². The number of allylic oxidation sites excluding steroid dienone is 2. The van der Waals surface area contributed by atoms with Gasteiger partial charge in [0.15, 0.2) is 0 Å². The van der Waals surface area contributed by atoms with Gasteiger partial charge >= 0.3 is 22.3 Å². The highest BCUT2D eigenvalue weighted by atomic mass is 32.2. The minimum absolute atomic E-state index is 0.0634. The third-order valence-corrected chi connectivity index (χ3v) is 5.77. The van der Waals surface area contributed by atoms with Crippen molar-refractivity contribution in [2.24, 2.45) is 5.73 Å². The number of hydrazine groups is 1. The zero-order valence-electron chi connectivity index (χ0n) is 15.2. The van der Waals surface area contributed by atoms with Crippen molar-refractivity contribution in [2.45, 2.75) is 19.4 Å². The third kappa shape index (κ3) is 3.81. The van der Waals surface area contributed by atoms with Crippen LogP contribution in [0.5, 0.6) is 0 Å². The van der Waals surface area contributed by atoms with Crippen molar-refractivity contribution in [1.82, 2.24) is 29.7 Å². The van der Waals surface area contributed by atoms with Crippen LogP contribution in [0.3, 0.4) is 0 Å². The molecule has 1 atom stereocenters. The summed E-state index contributed by atoms with van der Waals surface area (Å²) < 4.78 is 26.6. The van der Waals surface area contributed by atoms with Crippen molar-refractivity contribution in [2.75, 3.05) is 19.6 Å². The lowest BCUT2D eigenvalue weighted by Gasteiger charge is -2.34. The zero-order chi connectivity index (χ0) is 21.5. The van der Waals surface area contributed by atoms with Gasteiger partial charge in [0, 0.05) is 6.42 Å². The number of β-lactam (4-membered cyclic amide) rings is 1. The molecule has 0 aromatic rings. The lowest BCUT2D eigenvalue weighted by Crippen LogP contribution is -2.66. The largest absolute Gasteiger partial charge is 0.510 e. The number of nitrogens with two attached hydrogens (primary N) is 1. The lowest BCUT2D eigenvalue weighted by molar-refractivity contribution is -0.137. The molecule has 0 aliphatic carbocycles. The minimum atomic E-state index is -4.59. The molecule has 0 radical (unpaired) electrons. The summed E-state index contributed by atoms with van der Waals surface area (Å²) in [6.45, 7) is 0.924. The van der Waals surface area contributed by atoms with Crippen LogP contribution in [0.25, 0.3) is 0 Å². The summed E-state index contributed by atoms with van der Waals surface area (Å²) >= 11 is 0. The van der Waals surface area contributed by atoms with Crippen LogP contribution < -0.4 is 21.2 Å². The monoisotopic (exact) mass is 429 g/mol. The highest BCUT2D eigenvalue weighted by Crippen LogP contribution is 2.15. The summed E-state index contributed by atoms with van der Waals surface area (Å²) in [5.41, 5.74) is 8.05. The number of nitrogens with zero attached hydrogens (tertiary/aromatic N) is 3. The molecule has 2 fully saturated rings. The second-order valence-electron chi connectivity index (χ2n) is 6.43. The molecule has 0 aromatic heterocycles. The fraction of sp³-hybridized carbons (Fsp3) is 0.429. The molecule has 0 spiro atoms. The number of amides is 6. The van der Waals surface area contributed by atoms with Crippen molar-refractivity contribution in [3.05, 3.63) is 23.2 Å². The summed E-state index contributed by atoms with van der Waals surface area (Å²) in [6.07, 6.45) is 1.53. The Hall–Kier alpha value is -3.33. The molecule has 158 valence electrons.